The Bertz CT molecular complexity index is 777. The Morgan fingerprint density at radius 2 is 1.91 bits per heavy atom. The lowest BCUT2D eigenvalue weighted by atomic mass is 9.96. The molecule has 5 nitrogen and oxygen atoms in total. The maximum absolute atomic E-state index is 11.7. The van der Waals surface area contributed by atoms with E-state index in [1.807, 2.05) is 18.2 Å². The molecule has 0 saturated carbocycles. The van der Waals surface area contributed by atoms with E-state index in [1.54, 1.807) is 11.3 Å². The number of aromatic nitrogens is 1. The first kappa shape index (κ1) is 15.5. The predicted molar refractivity (Wildman–Crippen MR) is 91.6 cm³/mol. The Kier molecular flexibility index (Phi) is 3.91. The van der Waals surface area contributed by atoms with Crippen molar-refractivity contribution >= 4 is 31.4 Å². The minimum absolute atomic E-state index is 0.0878. The fraction of sp³-hybridized carbons (Fsp3) is 0.562. The molecule has 0 bridgehead atoms. The molecule has 3 heterocycles. The second-order valence-corrected chi connectivity index (χ2v) is 9.76. The molecule has 0 spiro atoms. The molecule has 2 aromatic rings. The Hall–Kier alpha value is -1.02. The highest BCUT2D eigenvalue weighted by Gasteiger charge is 2.41. The molecule has 0 amide bonds. The number of sulfone groups is 1. The smallest absolute Gasteiger partial charge is 0.154 e. The van der Waals surface area contributed by atoms with Gasteiger partial charge in [0, 0.05) is 5.92 Å². The summed E-state index contributed by atoms with van der Waals surface area (Å²) in [6, 6.07) is 7.97. The third kappa shape index (κ3) is 3.03. The van der Waals surface area contributed by atoms with Crippen LogP contribution in [0.4, 0.5) is 0 Å². The third-order valence-electron chi connectivity index (χ3n) is 4.95. The fourth-order valence-electron chi connectivity index (χ4n) is 3.70. The molecule has 0 unspecified atom stereocenters. The summed E-state index contributed by atoms with van der Waals surface area (Å²) in [5.41, 5.74) is 1.06. The van der Waals surface area contributed by atoms with Crippen molar-refractivity contribution in [3.63, 3.8) is 0 Å². The molecule has 0 radical (unpaired) electrons. The molecule has 2 saturated heterocycles. The van der Waals surface area contributed by atoms with E-state index in [1.165, 1.54) is 9.71 Å². The van der Waals surface area contributed by atoms with Crippen molar-refractivity contribution in [2.24, 2.45) is 0 Å². The number of hydrogen-bond donors (Lipinski definition) is 1. The summed E-state index contributed by atoms with van der Waals surface area (Å²) in [5.74, 6) is 0.453. The van der Waals surface area contributed by atoms with Crippen molar-refractivity contribution in [1.82, 2.24) is 9.88 Å². The number of thiazole rings is 1. The first-order valence-electron chi connectivity index (χ1n) is 8.00. The number of benzene rings is 1. The maximum Gasteiger partial charge on any atom is 0.154 e. The van der Waals surface area contributed by atoms with Gasteiger partial charge in [-0.25, -0.2) is 13.4 Å². The summed E-state index contributed by atoms with van der Waals surface area (Å²) in [5, 5.41) is 11.2. The van der Waals surface area contributed by atoms with E-state index in [-0.39, 0.29) is 17.5 Å². The summed E-state index contributed by atoms with van der Waals surface area (Å²) < 4.78 is 24.6. The predicted octanol–water partition coefficient (Wildman–Crippen LogP) is 1.63. The molecular weight excluding hydrogens is 332 g/mol. The zero-order valence-electron chi connectivity index (χ0n) is 12.8. The second-order valence-electron chi connectivity index (χ2n) is 6.54. The molecule has 0 aliphatic carbocycles. The van der Waals surface area contributed by atoms with Crippen molar-refractivity contribution in [2.45, 2.75) is 30.9 Å². The van der Waals surface area contributed by atoms with E-state index in [2.05, 4.69) is 11.0 Å². The molecule has 1 N–H and O–H groups in total. The minimum Gasteiger partial charge on any atom is -0.390 e. The summed E-state index contributed by atoms with van der Waals surface area (Å²) in [4.78, 5) is 6.90. The lowest BCUT2D eigenvalue weighted by Gasteiger charge is -2.36. The van der Waals surface area contributed by atoms with Gasteiger partial charge in [-0.05, 0) is 38.1 Å². The van der Waals surface area contributed by atoms with Gasteiger partial charge in [-0.1, -0.05) is 12.1 Å². The van der Waals surface area contributed by atoms with Crippen LogP contribution in [-0.4, -0.2) is 60.1 Å². The Labute approximate surface area is 139 Å². The summed E-state index contributed by atoms with van der Waals surface area (Å²) in [6.45, 7) is 1.66. The fourth-order valence-corrected chi connectivity index (χ4v) is 6.67. The molecule has 4 rings (SSSR count). The summed E-state index contributed by atoms with van der Waals surface area (Å²) in [6.07, 6.45) is 1.21. The summed E-state index contributed by atoms with van der Waals surface area (Å²) >= 11 is 1.76. The van der Waals surface area contributed by atoms with E-state index in [4.69, 9.17) is 4.98 Å². The number of aliphatic hydroxyl groups excluding tert-OH is 1. The van der Waals surface area contributed by atoms with Crippen molar-refractivity contribution in [3.05, 3.63) is 29.3 Å². The number of likely N-dealkylation sites (tertiary alicyclic amines) is 1. The number of piperidine rings is 1. The number of rotatable bonds is 2. The first-order valence-corrected chi connectivity index (χ1v) is 10.6. The van der Waals surface area contributed by atoms with Crippen LogP contribution in [0.15, 0.2) is 24.3 Å². The Morgan fingerprint density at radius 3 is 2.57 bits per heavy atom. The molecule has 1 aromatic carbocycles. The van der Waals surface area contributed by atoms with Gasteiger partial charge in [-0.2, -0.15) is 0 Å². The number of nitrogens with zero attached hydrogens (tertiary/aromatic N) is 2. The molecule has 2 fully saturated rings. The zero-order chi connectivity index (χ0) is 16.0. The van der Waals surface area contributed by atoms with Gasteiger partial charge < -0.3 is 5.11 Å². The molecule has 124 valence electrons. The number of fused-ring (bicyclic) bond motifs is 1. The van der Waals surface area contributed by atoms with Gasteiger partial charge in [-0.3, -0.25) is 4.90 Å². The van der Waals surface area contributed by atoms with E-state index in [0.717, 1.165) is 31.4 Å². The molecule has 23 heavy (non-hydrogen) atoms. The van der Waals surface area contributed by atoms with Crippen LogP contribution in [0.25, 0.3) is 10.2 Å². The average molecular weight is 352 g/mol. The van der Waals surface area contributed by atoms with E-state index >= 15 is 0 Å². The average Bonchev–Trinajstić information content (AvgIpc) is 3.07. The van der Waals surface area contributed by atoms with Gasteiger partial charge in [0.15, 0.2) is 9.84 Å². The number of hydrogen-bond acceptors (Lipinski definition) is 6. The van der Waals surface area contributed by atoms with Crippen molar-refractivity contribution in [3.8, 4) is 0 Å². The van der Waals surface area contributed by atoms with Gasteiger partial charge in [0.05, 0.1) is 38.9 Å². The van der Waals surface area contributed by atoms with Gasteiger partial charge in [0.1, 0.15) is 0 Å². The van der Waals surface area contributed by atoms with Crippen LogP contribution in [0.1, 0.15) is 23.8 Å². The van der Waals surface area contributed by atoms with Gasteiger partial charge in [-0.15, -0.1) is 11.3 Å². The van der Waals surface area contributed by atoms with Crippen LogP contribution in [-0.2, 0) is 9.84 Å². The van der Waals surface area contributed by atoms with E-state index in [9.17, 15) is 13.5 Å². The van der Waals surface area contributed by atoms with E-state index in [0.29, 0.717) is 5.92 Å². The van der Waals surface area contributed by atoms with Crippen molar-refractivity contribution < 1.29 is 13.5 Å². The van der Waals surface area contributed by atoms with Crippen LogP contribution < -0.4 is 0 Å². The number of aliphatic hydroxyl groups is 1. The van der Waals surface area contributed by atoms with Crippen molar-refractivity contribution in [2.75, 3.05) is 24.6 Å². The van der Waals surface area contributed by atoms with Gasteiger partial charge >= 0.3 is 0 Å². The van der Waals surface area contributed by atoms with Gasteiger partial charge in [0.25, 0.3) is 0 Å². The highest BCUT2D eigenvalue weighted by molar-refractivity contribution is 7.91. The number of para-hydroxylation sites is 1. The van der Waals surface area contributed by atoms with Crippen LogP contribution in [0.5, 0.6) is 0 Å². The Morgan fingerprint density at radius 1 is 1.17 bits per heavy atom. The van der Waals surface area contributed by atoms with Crippen LogP contribution in [0.2, 0.25) is 0 Å². The molecule has 2 aliphatic heterocycles. The third-order valence-corrected chi connectivity index (χ3v) is 7.85. The minimum atomic E-state index is -3.08. The molecular formula is C16H20N2O3S2. The molecule has 1 aromatic heterocycles. The van der Waals surface area contributed by atoms with Gasteiger partial charge in [0.2, 0.25) is 0 Å². The second kappa shape index (κ2) is 5.81. The highest BCUT2D eigenvalue weighted by atomic mass is 32.2. The highest BCUT2D eigenvalue weighted by Crippen LogP contribution is 2.35. The van der Waals surface area contributed by atoms with Crippen LogP contribution >= 0.6 is 11.3 Å². The lowest BCUT2D eigenvalue weighted by Crippen LogP contribution is -2.46. The Balaban J connectivity index is 1.45. The van der Waals surface area contributed by atoms with E-state index < -0.39 is 15.9 Å². The first-order chi connectivity index (χ1) is 11.0. The molecule has 2 aliphatic rings. The lowest BCUT2D eigenvalue weighted by molar-refractivity contribution is 0.0664. The zero-order valence-corrected chi connectivity index (χ0v) is 14.4. The quantitative estimate of drug-likeness (QED) is 0.890. The normalized spacial score (nSPS) is 29.3. The van der Waals surface area contributed by atoms with Crippen LogP contribution in [0.3, 0.4) is 0 Å². The SMILES string of the molecule is O=S1(=O)C[C@@H](N2CCC(c3nc4ccccc4s3)CC2)[C@@H](O)C1. The van der Waals surface area contributed by atoms with Crippen molar-refractivity contribution in [1.29, 1.82) is 0 Å². The largest absolute Gasteiger partial charge is 0.390 e. The molecule has 7 heteroatoms. The topological polar surface area (TPSA) is 70.5 Å². The molecule has 2 atom stereocenters. The van der Waals surface area contributed by atoms with Crippen LogP contribution in [0, 0.1) is 0 Å². The summed E-state index contributed by atoms with van der Waals surface area (Å²) in [7, 11) is -3.08. The monoisotopic (exact) mass is 352 g/mol. The maximum atomic E-state index is 11.7. The standard InChI is InChI=1S/C16H20N2O3S2/c19-14-10-23(20,21)9-13(14)18-7-5-11(6-8-18)16-17-12-3-1-2-4-15(12)22-16/h1-4,11,13-14,19H,5-10H2/t13-,14+/m1/s1.